The van der Waals surface area contributed by atoms with E-state index in [0.29, 0.717) is 16.9 Å². The van der Waals surface area contributed by atoms with Gasteiger partial charge in [-0.1, -0.05) is 24.3 Å². The molecular weight excluding hydrogens is 258 g/mol. The van der Waals surface area contributed by atoms with Gasteiger partial charge in [0, 0.05) is 11.8 Å². The molecule has 0 unspecified atom stereocenters. The van der Waals surface area contributed by atoms with E-state index < -0.39 is 0 Å². The summed E-state index contributed by atoms with van der Waals surface area (Å²) >= 11 is 0. The lowest BCUT2D eigenvalue weighted by molar-refractivity contribution is 0.618. The van der Waals surface area contributed by atoms with Crippen molar-refractivity contribution in [1.29, 1.82) is 0 Å². The predicted molar refractivity (Wildman–Crippen MR) is 76.6 cm³/mol. The van der Waals surface area contributed by atoms with Crippen LogP contribution in [0.2, 0.25) is 0 Å². The molecule has 0 spiro atoms. The molecule has 2 nitrogen and oxygen atoms in total. The Morgan fingerprint density at radius 1 is 0.900 bits per heavy atom. The predicted octanol–water partition coefficient (Wildman–Crippen LogP) is 3.85. The van der Waals surface area contributed by atoms with Gasteiger partial charge in [0.1, 0.15) is 18.3 Å². The minimum absolute atomic E-state index is 0.265. The van der Waals surface area contributed by atoms with Crippen LogP contribution in [0, 0.1) is 11.6 Å². The van der Waals surface area contributed by atoms with E-state index in [9.17, 15) is 8.78 Å². The van der Waals surface area contributed by atoms with E-state index in [0.717, 1.165) is 0 Å². The molecule has 0 saturated heterocycles. The van der Waals surface area contributed by atoms with Crippen molar-refractivity contribution in [2.45, 2.75) is 0 Å². The second kappa shape index (κ2) is 5.25. The maximum Gasteiger partial charge on any atom is 0.146 e. The van der Waals surface area contributed by atoms with Crippen molar-refractivity contribution in [3.05, 3.63) is 71.8 Å². The topological polar surface area (TPSA) is 15.6 Å². The van der Waals surface area contributed by atoms with E-state index in [4.69, 9.17) is 0 Å². The minimum Gasteiger partial charge on any atom is -0.318 e. The Balaban J connectivity index is 2.09. The Morgan fingerprint density at radius 3 is 2.35 bits per heavy atom. The lowest BCUT2D eigenvalue weighted by atomic mass is 10.1. The van der Waals surface area contributed by atoms with Crippen molar-refractivity contribution in [2.75, 3.05) is 11.6 Å². The molecule has 2 aromatic carbocycles. The van der Waals surface area contributed by atoms with Gasteiger partial charge < -0.3 is 4.90 Å². The van der Waals surface area contributed by atoms with Crippen LogP contribution in [0.4, 0.5) is 14.5 Å². The molecule has 0 atom stereocenters. The van der Waals surface area contributed by atoms with Crippen LogP contribution >= 0.6 is 0 Å². The van der Waals surface area contributed by atoms with Crippen molar-refractivity contribution in [2.24, 2.45) is 4.99 Å². The summed E-state index contributed by atoms with van der Waals surface area (Å²) in [4.78, 5) is 5.78. The second-order valence-electron chi connectivity index (χ2n) is 4.38. The standard InChI is InChI=1S/C16H12F2N2/c17-13-6-2-1-5-12(13)15-9-10-19-11-20(15)16-8-4-3-7-14(16)18/h1-10H,11H2. The number of anilines is 1. The molecule has 20 heavy (non-hydrogen) atoms. The number of halogens is 2. The Bertz CT molecular complexity index is 692. The Kier molecular flexibility index (Phi) is 3.29. The zero-order valence-corrected chi connectivity index (χ0v) is 10.6. The number of hydrogen-bond donors (Lipinski definition) is 0. The molecule has 0 amide bonds. The molecule has 1 aliphatic heterocycles. The van der Waals surface area contributed by atoms with Crippen LogP contribution in [0.15, 0.2) is 59.6 Å². The average molecular weight is 270 g/mol. The fourth-order valence-corrected chi connectivity index (χ4v) is 2.20. The highest BCUT2D eigenvalue weighted by molar-refractivity contribution is 5.92. The Morgan fingerprint density at radius 2 is 1.60 bits per heavy atom. The Hall–Kier alpha value is -2.49. The van der Waals surface area contributed by atoms with Crippen LogP contribution in [0.25, 0.3) is 5.70 Å². The summed E-state index contributed by atoms with van der Waals surface area (Å²) in [6, 6.07) is 12.9. The average Bonchev–Trinajstić information content (AvgIpc) is 2.48. The molecule has 0 aliphatic carbocycles. The maximum absolute atomic E-state index is 14.0. The van der Waals surface area contributed by atoms with E-state index in [1.54, 1.807) is 53.6 Å². The summed E-state index contributed by atoms with van der Waals surface area (Å²) in [7, 11) is 0. The van der Waals surface area contributed by atoms with Crippen molar-refractivity contribution >= 4 is 17.6 Å². The van der Waals surface area contributed by atoms with Crippen LogP contribution < -0.4 is 4.90 Å². The van der Waals surface area contributed by atoms with E-state index in [-0.39, 0.29) is 18.3 Å². The summed E-state index contributed by atoms with van der Waals surface area (Å²) in [5.74, 6) is -0.692. The van der Waals surface area contributed by atoms with Crippen molar-refractivity contribution in [3.63, 3.8) is 0 Å². The van der Waals surface area contributed by atoms with E-state index in [1.165, 1.54) is 12.1 Å². The molecule has 0 fully saturated rings. The van der Waals surface area contributed by atoms with E-state index in [1.807, 2.05) is 0 Å². The first-order valence-electron chi connectivity index (χ1n) is 6.24. The molecule has 1 heterocycles. The fraction of sp³-hybridized carbons (Fsp3) is 0.0625. The number of hydrogen-bond acceptors (Lipinski definition) is 2. The van der Waals surface area contributed by atoms with Gasteiger partial charge in [-0.3, -0.25) is 4.99 Å². The molecule has 0 saturated carbocycles. The molecule has 2 aromatic rings. The largest absolute Gasteiger partial charge is 0.318 e. The van der Waals surface area contributed by atoms with Crippen LogP contribution in [0.5, 0.6) is 0 Å². The molecule has 1 aliphatic rings. The SMILES string of the molecule is Fc1ccccc1C1=CC=NCN1c1ccccc1F. The van der Waals surface area contributed by atoms with Gasteiger partial charge in [-0.15, -0.1) is 0 Å². The smallest absolute Gasteiger partial charge is 0.146 e. The third-order valence-corrected chi connectivity index (χ3v) is 3.14. The third kappa shape index (κ3) is 2.20. The first-order valence-corrected chi connectivity index (χ1v) is 6.24. The first-order chi connectivity index (χ1) is 9.77. The first kappa shape index (κ1) is 12.5. The number of para-hydroxylation sites is 1. The number of benzene rings is 2. The van der Waals surface area contributed by atoms with Crippen molar-refractivity contribution < 1.29 is 8.78 Å². The van der Waals surface area contributed by atoms with Crippen molar-refractivity contribution in [3.8, 4) is 0 Å². The highest BCUT2D eigenvalue weighted by atomic mass is 19.1. The van der Waals surface area contributed by atoms with Gasteiger partial charge in [0.05, 0.1) is 11.4 Å². The van der Waals surface area contributed by atoms with Crippen molar-refractivity contribution in [1.82, 2.24) is 0 Å². The molecule has 0 radical (unpaired) electrons. The molecular formula is C16H12F2N2. The van der Waals surface area contributed by atoms with Gasteiger partial charge in [-0.2, -0.15) is 0 Å². The maximum atomic E-state index is 14.0. The lowest BCUT2D eigenvalue weighted by Crippen LogP contribution is -2.25. The lowest BCUT2D eigenvalue weighted by Gasteiger charge is -2.28. The number of nitrogens with zero attached hydrogens (tertiary/aromatic N) is 2. The quantitative estimate of drug-likeness (QED) is 0.809. The summed E-state index contributed by atoms with van der Waals surface area (Å²) in [6.07, 6.45) is 3.30. The highest BCUT2D eigenvalue weighted by Gasteiger charge is 2.20. The highest BCUT2D eigenvalue weighted by Crippen LogP contribution is 2.30. The van der Waals surface area contributed by atoms with Gasteiger partial charge in [0.15, 0.2) is 0 Å². The van der Waals surface area contributed by atoms with Crippen LogP contribution in [0.1, 0.15) is 5.56 Å². The van der Waals surface area contributed by atoms with E-state index in [2.05, 4.69) is 4.99 Å². The summed E-state index contributed by atoms with van der Waals surface area (Å²) in [6.45, 7) is 0.265. The number of aliphatic imine (C=N–C) groups is 1. The van der Waals surface area contributed by atoms with Gasteiger partial charge in [-0.25, -0.2) is 8.78 Å². The van der Waals surface area contributed by atoms with Gasteiger partial charge >= 0.3 is 0 Å². The molecule has 4 heteroatoms. The van der Waals surface area contributed by atoms with Gasteiger partial charge in [-0.05, 0) is 30.3 Å². The third-order valence-electron chi connectivity index (χ3n) is 3.14. The Labute approximate surface area is 115 Å². The van der Waals surface area contributed by atoms with Crippen LogP contribution in [0.3, 0.4) is 0 Å². The zero-order chi connectivity index (χ0) is 13.9. The van der Waals surface area contributed by atoms with Gasteiger partial charge in [0.2, 0.25) is 0 Å². The molecule has 3 rings (SSSR count). The van der Waals surface area contributed by atoms with E-state index >= 15 is 0 Å². The second-order valence-corrected chi connectivity index (χ2v) is 4.38. The van der Waals surface area contributed by atoms with Crippen LogP contribution in [-0.2, 0) is 0 Å². The summed E-state index contributed by atoms with van der Waals surface area (Å²) in [5, 5.41) is 0. The van der Waals surface area contributed by atoms with Gasteiger partial charge in [0.25, 0.3) is 0 Å². The fourth-order valence-electron chi connectivity index (χ4n) is 2.20. The molecule has 0 bridgehead atoms. The summed E-state index contributed by atoms with van der Waals surface area (Å²) < 4.78 is 27.9. The molecule has 100 valence electrons. The zero-order valence-electron chi connectivity index (χ0n) is 10.6. The normalized spacial score (nSPS) is 14.3. The van der Waals surface area contributed by atoms with Crippen LogP contribution in [-0.4, -0.2) is 12.9 Å². The monoisotopic (exact) mass is 270 g/mol. The number of allylic oxidation sites excluding steroid dienone is 1. The minimum atomic E-state index is -0.355. The molecule has 0 aromatic heterocycles. The summed E-state index contributed by atoms with van der Waals surface area (Å²) in [5.41, 5.74) is 1.42. The molecule has 0 N–H and O–H groups in total. The number of rotatable bonds is 2.